The summed E-state index contributed by atoms with van der Waals surface area (Å²) in [5, 5.41) is 3.04. The predicted octanol–water partition coefficient (Wildman–Crippen LogP) is 2.11. The molecule has 0 aromatic heterocycles. The quantitative estimate of drug-likeness (QED) is 0.653. The molecular formula is C22H25FN4O3S. The number of nitrogens with one attached hydrogen (secondary N) is 1. The van der Waals surface area contributed by atoms with Crippen LogP contribution in [0.5, 0.6) is 0 Å². The van der Waals surface area contributed by atoms with Gasteiger partial charge in [-0.1, -0.05) is 12.1 Å². The molecule has 1 aromatic carbocycles. The minimum absolute atomic E-state index is 0.142. The van der Waals surface area contributed by atoms with E-state index in [0.29, 0.717) is 18.8 Å². The molecule has 9 heteroatoms. The molecule has 7 nitrogen and oxygen atoms in total. The molecule has 0 atom stereocenters. The van der Waals surface area contributed by atoms with Gasteiger partial charge >= 0.3 is 0 Å². The summed E-state index contributed by atoms with van der Waals surface area (Å²) in [7, 11) is -1.91. The number of fused-ring (bicyclic) bond motifs is 1. The van der Waals surface area contributed by atoms with Crippen LogP contribution in [0.2, 0.25) is 0 Å². The Labute approximate surface area is 181 Å². The largest absolute Gasteiger partial charge is 0.340 e. The topological polar surface area (TPSA) is 82.1 Å². The van der Waals surface area contributed by atoms with Crippen LogP contribution in [0.3, 0.4) is 0 Å². The molecular weight excluding hydrogens is 419 g/mol. The number of nitrogens with zero attached hydrogens (tertiary/aromatic N) is 3. The predicted molar refractivity (Wildman–Crippen MR) is 118 cm³/mol. The molecule has 1 saturated heterocycles. The van der Waals surface area contributed by atoms with E-state index in [4.69, 9.17) is 0 Å². The molecule has 1 fully saturated rings. The summed E-state index contributed by atoms with van der Waals surface area (Å²) in [6, 6.07) is 6.55. The van der Waals surface area contributed by atoms with Crippen LogP contribution in [0.25, 0.3) is 5.57 Å². The zero-order chi connectivity index (χ0) is 22.0. The third kappa shape index (κ3) is 4.39. The van der Waals surface area contributed by atoms with Crippen LogP contribution in [-0.4, -0.2) is 69.0 Å². The highest BCUT2D eigenvalue weighted by atomic mass is 32.2. The Balaban J connectivity index is 1.45. The number of aliphatic imine (C=N–C) groups is 1. The molecule has 0 bridgehead atoms. The lowest BCUT2D eigenvalue weighted by molar-refractivity contribution is -0.134. The molecule has 1 amide bonds. The van der Waals surface area contributed by atoms with E-state index < -0.39 is 10.0 Å². The Bertz CT molecular complexity index is 1100. The van der Waals surface area contributed by atoms with Gasteiger partial charge in [-0.15, -0.1) is 0 Å². The first kappa shape index (κ1) is 21.6. The van der Waals surface area contributed by atoms with Gasteiger partial charge in [0, 0.05) is 43.4 Å². The highest BCUT2D eigenvalue weighted by molar-refractivity contribution is 7.89. The van der Waals surface area contributed by atoms with E-state index in [1.165, 1.54) is 10.4 Å². The number of sulfonamides is 1. The Kier molecular flexibility index (Phi) is 6.17. The van der Waals surface area contributed by atoms with E-state index in [1.54, 1.807) is 41.4 Å². The molecule has 1 aliphatic carbocycles. The van der Waals surface area contributed by atoms with Crippen molar-refractivity contribution in [2.45, 2.75) is 17.7 Å². The van der Waals surface area contributed by atoms with Gasteiger partial charge in [0.1, 0.15) is 5.83 Å². The average Bonchev–Trinajstić information content (AvgIpc) is 3.18. The zero-order valence-electron chi connectivity index (χ0n) is 17.3. The zero-order valence-corrected chi connectivity index (χ0v) is 18.2. The Hall–Kier alpha value is -2.62. The first-order valence-electron chi connectivity index (χ1n) is 10.3. The van der Waals surface area contributed by atoms with E-state index in [2.05, 4.69) is 10.3 Å². The van der Waals surface area contributed by atoms with Crippen molar-refractivity contribution in [2.75, 3.05) is 39.8 Å². The summed E-state index contributed by atoms with van der Waals surface area (Å²) < 4.78 is 40.8. The molecule has 1 aromatic rings. The van der Waals surface area contributed by atoms with E-state index in [1.807, 2.05) is 7.05 Å². The van der Waals surface area contributed by atoms with Crippen LogP contribution in [0.15, 0.2) is 63.9 Å². The number of rotatable bonds is 7. The van der Waals surface area contributed by atoms with Crippen molar-refractivity contribution in [3.05, 3.63) is 59.6 Å². The van der Waals surface area contributed by atoms with Gasteiger partial charge in [0.25, 0.3) is 0 Å². The number of carbonyl (C=O) groups is 1. The van der Waals surface area contributed by atoms with Gasteiger partial charge in [0.2, 0.25) is 15.9 Å². The summed E-state index contributed by atoms with van der Waals surface area (Å²) in [5.41, 5.74) is 3.19. The molecule has 0 unspecified atom stereocenters. The van der Waals surface area contributed by atoms with Gasteiger partial charge in [-0.05, 0) is 49.9 Å². The number of piperazine rings is 1. The van der Waals surface area contributed by atoms with E-state index in [9.17, 15) is 17.6 Å². The van der Waals surface area contributed by atoms with Crippen molar-refractivity contribution in [3.8, 4) is 0 Å². The fourth-order valence-electron chi connectivity index (χ4n) is 3.92. The van der Waals surface area contributed by atoms with Gasteiger partial charge in [-0.3, -0.25) is 9.79 Å². The maximum Gasteiger partial charge on any atom is 0.243 e. The number of amides is 1. The number of halogens is 1. The second-order valence-electron chi connectivity index (χ2n) is 7.69. The second-order valence-corrected chi connectivity index (χ2v) is 9.63. The second kappa shape index (κ2) is 8.86. The lowest BCUT2D eigenvalue weighted by Gasteiger charge is -2.33. The lowest BCUT2D eigenvalue weighted by Crippen LogP contribution is -2.52. The minimum atomic E-state index is -3.76. The van der Waals surface area contributed by atoms with Crippen molar-refractivity contribution in [3.63, 3.8) is 0 Å². The molecule has 31 heavy (non-hydrogen) atoms. The van der Waals surface area contributed by atoms with Crippen LogP contribution >= 0.6 is 0 Å². The standard InChI is InChI=1S/C22H25FN4O3S/c1-24-9-2-10-26-11-12-27(15-22(26)28)31(29,30)18-6-3-16(4-7-18)20-14-25-21-13-17(23)5-8-19(20)21/h3-8,14,24H,2,9-13,15H2,1H3. The van der Waals surface area contributed by atoms with Gasteiger partial charge in [-0.25, -0.2) is 12.8 Å². The fourth-order valence-corrected chi connectivity index (χ4v) is 5.30. The first-order valence-corrected chi connectivity index (χ1v) is 11.7. The number of hydrogen-bond donors (Lipinski definition) is 1. The van der Waals surface area contributed by atoms with E-state index >= 15 is 0 Å². The van der Waals surface area contributed by atoms with Crippen LogP contribution in [0, 0.1) is 0 Å². The highest BCUT2D eigenvalue weighted by Crippen LogP contribution is 2.34. The summed E-state index contributed by atoms with van der Waals surface area (Å²) >= 11 is 0. The molecule has 2 aliphatic heterocycles. The van der Waals surface area contributed by atoms with Crippen molar-refractivity contribution in [2.24, 2.45) is 4.99 Å². The average molecular weight is 445 g/mol. The summed E-state index contributed by atoms with van der Waals surface area (Å²) in [6.45, 7) is 1.96. The molecule has 0 spiro atoms. The van der Waals surface area contributed by atoms with Gasteiger partial charge in [-0.2, -0.15) is 4.31 Å². The normalized spacial score (nSPS) is 19.5. The molecule has 1 N–H and O–H groups in total. The van der Waals surface area contributed by atoms with Gasteiger partial charge in [0.05, 0.1) is 17.2 Å². The number of carbonyl (C=O) groups excluding carboxylic acids is 1. The van der Waals surface area contributed by atoms with Crippen molar-refractivity contribution >= 4 is 27.2 Å². The molecule has 4 rings (SSSR count). The monoisotopic (exact) mass is 444 g/mol. The van der Waals surface area contributed by atoms with Crippen LogP contribution in [0.4, 0.5) is 4.39 Å². The summed E-state index contributed by atoms with van der Waals surface area (Å²) in [4.78, 5) is 18.6. The van der Waals surface area contributed by atoms with E-state index in [0.717, 1.165) is 29.7 Å². The molecule has 2 heterocycles. The fraction of sp³-hybridized carbons (Fsp3) is 0.364. The Morgan fingerprint density at radius 1 is 1.13 bits per heavy atom. The van der Waals surface area contributed by atoms with Crippen LogP contribution in [-0.2, 0) is 14.8 Å². The Morgan fingerprint density at radius 2 is 1.90 bits per heavy atom. The number of allylic oxidation sites excluding steroid dienone is 5. The van der Waals surface area contributed by atoms with E-state index in [-0.39, 0.29) is 36.1 Å². The molecule has 0 radical (unpaired) electrons. The van der Waals surface area contributed by atoms with Crippen molar-refractivity contribution < 1.29 is 17.6 Å². The lowest BCUT2D eigenvalue weighted by atomic mass is 9.93. The first-order chi connectivity index (χ1) is 14.9. The van der Waals surface area contributed by atoms with Gasteiger partial charge < -0.3 is 10.2 Å². The minimum Gasteiger partial charge on any atom is -0.340 e. The van der Waals surface area contributed by atoms with Crippen LogP contribution in [0.1, 0.15) is 18.4 Å². The SMILES string of the molecule is CNCCCN1CCN(S(=O)(=O)c2ccc(C3=CN=C4CC(F)=CC=C34)cc2)CC1=O. The Morgan fingerprint density at radius 3 is 2.61 bits per heavy atom. The smallest absolute Gasteiger partial charge is 0.243 e. The van der Waals surface area contributed by atoms with Crippen molar-refractivity contribution in [1.82, 2.24) is 14.5 Å². The van der Waals surface area contributed by atoms with Crippen LogP contribution < -0.4 is 5.32 Å². The summed E-state index contributed by atoms with van der Waals surface area (Å²) in [6.07, 6.45) is 5.82. The summed E-state index contributed by atoms with van der Waals surface area (Å²) in [5.74, 6) is -0.400. The highest BCUT2D eigenvalue weighted by Gasteiger charge is 2.32. The molecule has 164 valence electrons. The third-order valence-corrected chi connectivity index (χ3v) is 7.52. The van der Waals surface area contributed by atoms with Crippen molar-refractivity contribution in [1.29, 1.82) is 0 Å². The number of benzene rings is 1. The number of hydrogen-bond acceptors (Lipinski definition) is 5. The van der Waals surface area contributed by atoms with Gasteiger partial charge in [0.15, 0.2) is 0 Å². The maximum absolute atomic E-state index is 13.5. The molecule has 0 saturated carbocycles. The molecule has 3 aliphatic rings. The third-order valence-electron chi connectivity index (χ3n) is 5.66. The maximum atomic E-state index is 13.5.